The highest BCUT2D eigenvalue weighted by Crippen LogP contribution is 2.25. The molecule has 0 atom stereocenters. The van der Waals surface area contributed by atoms with Gasteiger partial charge in [0.1, 0.15) is 5.69 Å². The Bertz CT molecular complexity index is 513. The van der Waals surface area contributed by atoms with Crippen molar-refractivity contribution in [1.82, 2.24) is 0 Å². The molecule has 0 aliphatic heterocycles. The number of amides is 1. The summed E-state index contributed by atoms with van der Waals surface area (Å²) in [6, 6.07) is 4.46. The Morgan fingerprint density at radius 1 is 1.37 bits per heavy atom. The maximum absolute atomic E-state index is 10.9. The minimum Gasteiger partial charge on any atom is -0.466 e. The van der Waals surface area contributed by atoms with Crippen molar-refractivity contribution in [2.75, 3.05) is 11.9 Å². The molecular formula is C12H14N2O5. The van der Waals surface area contributed by atoms with Crippen LogP contribution in [0, 0.1) is 10.1 Å². The van der Waals surface area contributed by atoms with Gasteiger partial charge in [0.05, 0.1) is 11.5 Å². The second kappa shape index (κ2) is 6.48. The monoisotopic (exact) mass is 266 g/mol. The lowest BCUT2D eigenvalue weighted by atomic mass is 10.1. The van der Waals surface area contributed by atoms with E-state index in [0.29, 0.717) is 12.0 Å². The summed E-state index contributed by atoms with van der Waals surface area (Å²) in [5.41, 5.74) is 0.617. The molecule has 1 aromatic rings. The van der Waals surface area contributed by atoms with Gasteiger partial charge in [0.25, 0.3) is 5.69 Å². The fourth-order valence-corrected chi connectivity index (χ4v) is 1.49. The molecule has 0 saturated heterocycles. The molecule has 0 aromatic heterocycles. The number of nitro benzene ring substituents is 1. The predicted molar refractivity (Wildman–Crippen MR) is 67.7 cm³/mol. The maximum Gasteiger partial charge on any atom is 0.302 e. The molecule has 1 amide bonds. The number of anilines is 1. The Morgan fingerprint density at radius 3 is 2.58 bits per heavy atom. The van der Waals surface area contributed by atoms with E-state index in [1.54, 1.807) is 6.07 Å². The summed E-state index contributed by atoms with van der Waals surface area (Å²) < 4.78 is 4.76. The van der Waals surface area contributed by atoms with E-state index in [4.69, 9.17) is 4.74 Å². The number of esters is 1. The Kier molecular flexibility index (Phi) is 4.99. The van der Waals surface area contributed by atoms with Crippen LogP contribution in [0.3, 0.4) is 0 Å². The Balaban J connectivity index is 2.86. The normalized spacial score (nSPS) is 9.79. The zero-order valence-electron chi connectivity index (χ0n) is 10.6. The molecule has 0 aliphatic carbocycles. The van der Waals surface area contributed by atoms with E-state index in [1.807, 2.05) is 0 Å². The Labute approximate surface area is 109 Å². The average molecular weight is 266 g/mol. The fraction of sp³-hybridized carbons (Fsp3) is 0.333. The fourth-order valence-electron chi connectivity index (χ4n) is 1.49. The number of carbonyl (C=O) groups excluding carboxylic acids is 2. The van der Waals surface area contributed by atoms with Crippen LogP contribution in [0.15, 0.2) is 18.2 Å². The van der Waals surface area contributed by atoms with Crippen molar-refractivity contribution < 1.29 is 19.2 Å². The number of benzene rings is 1. The number of hydrogen-bond acceptors (Lipinski definition) is 5. The van der Waals surface area contributed by atoms with E-state index < -0.39 is 10.9 Å². The molecular weight excluding hydrogens is 252 g/mol. The quantitative estimate of drug-likeness (QED) is 0.496. The summed E-state index contributed by atoms with van der Waals surface area (Å²) in [5.74, 6) is -0.778. The van der Waals surface area contributed by atoms with Crippen molar-refractivity contribution in [3.05, 3.63) is 33.9 Å². The van der Waals surface area contributed by atoms with E-state index in [0.717, 1.165) is 0 Å². The van der Waals surface area contributed by atoms with Crippen LogP contribution < -0.4 is 5.32 Å². The van der Waals surface area contributed by atoms with Gasteiger partial charge < -0.3 is 10.1 Å². The largest absolute Gasteiger partial charge is 0.466 e. The highest BCUT2D eigenvalue weighted by Gasteiger charge is 2.15. The average Bonchev–Trinajstić information content (AvgIpc) is 2.29. The molecule has 0 heterocycles. The lowest BCUT2D eigenvalue weighted by Gasteiger charge is -2.06. The topological polar surface area (TPSA) is 98.5 Å². The number of nitrogens with zero attached hydrogens (tertiary/aromatic N) is 1. The Hall–Kier alpha value is -2.44. The number of hydrogen-bond donors (Lipinski definition) is 1. The van der Waals surface area contributed by atoms with Gasteiger partial charge in [0, 0.05) is 26.3 Å². The molecule has 0 radical (unpaired) electrons. The third-order valence-corrected chi connectivity index (χ3v) is 2.27. The minimum absolute atomic E-state index is 0.147. The molecule has 1 rings (SSSR count). The van der Waals surface area contributed by atoms with Crippen molar-refractivity contribution in [1.29, 1.82) is 0 Å². The van der Waals surface area contributed by atoms with Crippen LogP contribution in [0.1, 0.15) is 19.4 Å². The maximum atomic E-state index is 10.9. The third-order valence-electron chi connectivity index (χ3n) is 2.27. The molecule has 0 fully saturated rings. The summed E-state index contributed by atoms with van der Waals surface area (Å²) in [6.45, 7) is 2.73. The van der Waals surface area contributed by atoms with E-state index in [2.05, 4.69) is 5.32 Å². The van der Waals surface area contributed by atoms with Gasteiger partial charge in [-0.2, -0.15) is 0 Å². The summed E-state index contributed by atoms with van der Waals surface area (Å²) in [6.07, 6.45) is 0.376. The van der Waals surface area contributed by atoms with Crippen LogP contribution in [0.25, 0.3) is 0 Å². The third kappa shape index (κ3) is 4.74. The first-order valence-electron chi connectivity index (χ1n) is 5.58. The standard InChI is InChI=1S/C12H14N2O5/c1-8(15)13-11-4-3-10(5-6-19-9(2)16)7-12(11)14(17)18/h3-4,7H,5-6H2,1-2H3,(H,13,15). The van der Waals surface area contributed by atoms with Crippen molar-refractivity contribution in [3.8, 4) is 0 Å². The lowest BCUT2D eigenvalue weighted by molar-refractivity contribution is -0.384. The molecule has 7 heteroatoms. The molecule has 0 aliphatic rings. The molecule has 1 N–H and O–H groups in total. The van der Waals surface area contributed by atoms with Crippen LogP contribution in [0.4, 0.5) is 11.4 Å². The number of nitro groups is 1. The van der Waals surface area contributed by atoms with E-state index in [1.165, 1.54) is 26.0 Å². The second-order valence-electron chi connectivity index (χ2n) is 3.88. The van der Waals surface area contributed by atoms with E-state index in [9.17, 15) is 19.7 Å². The lowest BCUT2D eigenvalue weighted by Crippen LogP contribution is -2.09. The van der Waals surface area contributed by atoms with E-state index in [-0.39, 0.29) is 23.9 Å². The summed E-state index contributed by atoms with van der Waals surface area (Å²) in [4.78, 5) is 31.9. The van der Waals surface area contributed by atoms with Gasteiger partial charge in [-0.3, -0.25) is 19.7 Å². The van der Waals surface area contributed by atoms with Gasteiger partial charge in [0.15, 0.2) is 0 Å². The van der Waals surface area contributed by atoms with Crippen molar-refractivity contribution in [2.24, 2.45) is 0 Å². The van der Waals surface area contributed by atoms with Crippen molar-refractivity contribution in [2.45, 2.75) is 20.3 Å². The van der Waals surface area contributed by atoms with Gasteiger partial charge in [-0.1, -0.05) is 6.07 Å². The van der Waals surface area contributed by atoms with Crippen LogP contribution in [0.2, 0.25) is 0 Å². The Morgan fingerprint density at radius 2 is 2.05 bits per heavy atom. The highest BCUT2D eigenvalue weighted by atomic mass is 16.6. The SMILES string of the molecule is CC(=O)Nc1ccc(CCOC(C)=O)cc1[N+](=O)[O-]. The first kappa shape index (κ1) is 14.6. The molecule has 7 nitrogen and oxygen atoms in total. The first-order valence-corrected chi connectivity index (χ1v) is 5.58. The zero-order valence-corrected chi connectivity index (χ0v) is 10.6. The summed E-state index contributed by atoms with van der Waals surface area (Å²) in [7, 11) is 0. The summed E-state index contributed by atoms with van der Waals surface area (Å²) in [5, 5.41) is 13.3. The van der Waals surface area contributed by atoms with Crippen LogP contribution in [-0.2, 0) is 20.7 Å². The molecule has 19 heavy (non-hydrogen) atoms. The summed E-state index contributed by atoms with van der Waals surface area (Å²) >= 11 is 0. The molecule has 0 spiro atoms. The molecule has 0 saturated carbocycles. The van der Waals surface area contributed by atoms with Crippen molar-refractivity contribution in [3.63, 3.8) is 0 Å². The number of ether oxygens (including phenoxy) is 1. The second-order valence-corrected chi connectivity index (χ2v) is 3.88. The highest BCUT2D eigenvalue weighted by molar-refractivity contribution is 5.91. The van der Waals surface area contributed by atoms with Gasteiger partial charge in [0.2, 0.25) is 5.91 Å². The minimum atomic E-state index is -0.569. The van der Waals surface area contributed by atoms with Crippen molar-refractivity contribution >= 4 is 23.3 Å². The number of nitrogens with one attached hydrogen (secondary N) is 1. The van der Waals surface area contributed by atoms with Gasteiger partial charge in [-0.05, 0) is 11.6 Å². The molecule has 1 aromatic carbocycles. The zero-order chi connectivity index (χ0) is 14.4. The van der Waals surface area contributed by atoms with Gasteiger partial charge in [-0.15, -0.1) is 0 Å². The van der Waals surface area contributed by atoms with Gasteiger partial charge >= 0.3 is 5.97 Å². The van der Waals surface area contributed by atoms with Crippen LogP contribution >= 0.6 is 0 Å². The molecule has 0 bridgehead atoms. The van der Waals surface area contributed by atoms with Crippen LogP contribution in [0.5, 0.6) is 0 Å². The van der Waals surface area contributed by atoms with Gasteiger partial charge in [-0.25, -0.2) is 0 Å². The number of carbonyl (C=O) groups is 2. The van der Waals surface area contributed by atoms with E-state index >= 15 is 0 Å². The molecule has 102 valence electrons. The number of rotatable bonds is 5. The molecule has 0 unspecified atom stereocenters. The van der Waals surface area contributed by atoms with Crippen LogP contribution in [-0.4, -0.2) is 23.4 Å². The first-order chi connectivity index (χ1) is 8.90. The smallest absolute Gasteiger partial charge is 0.302 e. The predicted octanol–water partition coefficient (Wildman–Crippen LogP) is 1.66.